The number of alkyl halides is 2. The Labute approximate surface area is 66.4 Å². The zero-order chi connectivity index (χ0) is 9.19. The molecule has 12 heavy (non-hydrogen) atoms. The van der Waals surface area contributed by atoms with Crippen molar-refractivity contribution < 1.29 is 27.8 Å². The van der Waals surface area contributed by atoms with Crippen molar-refractivity contribution in [3.05, 3.63) is 0 Å². The number of halogens is 2. The lowest BCUT2D eigenvalue weighted by molar-refractivity contribution is -0.243. The summed E-state index contributed by atoms with van der Waals surface area (Å²) >= 11 is 0. The van der Waals surface area contributed by atoms with Crippen LogP contribution in [0.1, 0.15) is 12.8 Å². The topological polar surface area (TPSA) is 52.6 Å². The fourth-order valence-corrected chi connectivity index (χ4v) is 0.706. The minimum absolute atomic E-state index is 0.431. The van der Waals surface area contributed by atoms with Gasteiger partial charge >= 0.3 is 18.0 Å². The van der Waals surface area contributed by atoms with E-state index in [1.54, 1.807) is 0 Å². The molecule has 0 N–H and O–H groups in total. The van der Waals surface area contributed by atoms with Gasteiger partial charge < -0.3 is 9.47 Å². The summed E-state index contributed by atoms with van der Waals surface area (Å²) in [5.74, 6) is -2.10. The molecule has 0 unspecified atom stereocenters. The van der Waals surface area contributed by atoms with Crippen molar-refractivity contribution in [1.29, 1.82) is 0 Å². The van der Waals surface area contributed by atoms with Gasteiger partial charge in [0.2, 0.25) is 0 Å². The molecule has 68 valence electrons. The van der Waals surface area contributed by atoms with E-state index in [1.165, 1.54) is 0 Å². The van der Waals surface area contributed by atoms with E-state index in [-0.39, 0.29) is 0 Å². The van der Waals surface area contributed by atoms with Crippen LogP contribution >= 0.6 is 0 Å². The highest BCUT2D eigenvalue weighted by Crippen LogP contribution is 2.22. The maximum atomic E-state index is 12.4. The molecule has 1 saturated heterocycles. The fraction of sp³-hybridized carbons (Fsp3) is 0.667. The highest BCUT2D eigenvalue weighted by atomic mass is 19.3. The van der Waals surface area contributed by atoms with Gasteiger partial charge in [0, 0.05) is 0 Å². The molecule has 0 bridgehead atoms. The summed E-state index contributed by atoms with van der Waals surface area (Å²) in [6.45, 7) is -0.431. The van der Waals surface area contributed by atoms with Crippen LogP contribution in [0.5, 0.6) is 0 Å². The van der Waals surface area contributed by atoms with Gasteiger partial charge in [0.25, 0.3) is 0 Å². The third kappa shape index (κ3) is 2.44. The highest BCUT2D eigenvalue weighted by Gasteiger charge is 2.36. The molecule has 0 atom stereocenters. The molecule has 1 fully saturated rings. The van der Waals surface area contributed by atoms with Crippen LogP contribution < -0.4 is 0 Å². The van der Waals surface area contributed by atoms with E-state index in [1.807, 2.05) is 0 Å². The molecule has 1 aliphatic rings. The lowest BCUT2D eigenvalue weighted by Gasteiger charge is -2.18. The molecule has 0 radical (unpaired) electrons. The van der Waals surface area contributed by atoms with Crippen molar-refractivity contribution in [2.75, 3.05) is 6.61 Å². The van der Waals surface area contributed by atoms with Crippen LogP contribution in [0.3, 0.4) is 0 Å². The average molecular weight is 180 g/mol. The number of esters is 2. The van der Waals surface area contributed by atoms with Gasteiger partial charge in [0.05, 0.1) is 6.42 Å². The number of ether oxygens (including phenoxy) is 2. The van der Waals surface area contributed by atoms with Crippen molar-refractivity contribution in [3.8, 4) is 0 Å². The second-order valence-electron chi connectivity index (χ2n) is 2.26. The first-order valence-electron chi connectivity index (χ1n) is 3.25. The Morgan fingerprint density at radius 1 is 1.25 bits per heavy atom. The standard InChI is InChI=1S/C6H6F2O4/c7-6(8)1-2-11-4(9)3-5(10)12-6/h1-3H2. The molecule has 0 aliphatic carbocycles. The van der Waals surface area contributed by atoms with Crippen LogP contribution in [0, 0.1) is 0 Å². The molecule has 0 spiro atoms. The van der Waals surface area contributed by atoms with Crippen LogP contribution in [0.4, 0.5) is 8.78 Å². The van der Waals surface area contributed by atoms with E-state index in [0.29, 0.717) is 0 Å². The largest absolute Gasteiger partial charge is 0.465 e. The molecule has 0 aromatic rings. The van der Waals surface area contributed by atoms with Crippen LogP contribution in [-0.2, 0) is 19.1 Å². The van der Waals surface area contributed by atoms with Gasteiger partial charge in [-0.25, -0.2) is 0 Å². The van der Waals surface area contributed by atoms with Gasteiger partial charge in [-0.05, 0) is 0 Å². The van der Waals surface area contributed by atoms with Crippen LogP contribution in [0.2, 0.25) is 0 Å². The van der Waals surface area contributed by atoms with Crippen molar-refractivity contribution in [2.24, 2.45) is 0 Å². The first kappa shape index (κ1) is 8.89. The molecule has 0 saturated carbocycles. The van der Waals surface area contributed by atoms with Crippen LogP contribution in [-0.4, -0.2) is 24.7 Å². The Balaban J connectivity index is 2.60. The molecule has 1 aliphatic heterocycles. The second-order valence-corrected chi connectivity index (χ2v) is 2.26. The molecule has 1 heterocycles. The summed E-state index contributed by atoms with van der Waals surface area (Å²) < 4.78 is 32.7. The minimum Gasteiger partial charge on any atom is -0.465 e. The second kappa shape index (κ2) is 3.04. The molecular weight excluding hydrogens is 174 g/mol. The first-order valence-corrected chi connectivity index (χ1v) is 3.25. The summed E-state index contributed by atoms with van der Waals surface area (Å²) in [4.78, 5) is 20.9. The zero-order valence-corrected chi connectivity index (χ0v) is 6.01. The van der Waals surface area contributed by atoms with Gasteiger partial charge in [-0.2, -0.15) is 8.78 Å². The monoisotopic (exact) mass is 180 g/mol. The Morgan fingerprint density at radius 2 is 1.92 bits per heavy atom. The van der Waals surface area contributed by atoms with E-state index >= 15 is 0 Å². The third-order valence-electron chi connectivity index (χ3n) is 1.21. The van der Waals surface area contributed by atoms with Gasteiger partial charge in [0.15, 0.2) is 0 Å². The Hall–Kier alpha value is -1.20. The smallest absolute Gasteiger partial charge is 0.403 e. The van der Waals surface area contributed by atoms with E-state index < -0.39 is 37.5 Å². The Kier molecular flexibility index (Phi) is 2.25. The summed E-state index contributed by atoms with van der Waals surface area (Å²) in [5.41, 5.74) is 0. The zero-order valence-electron chi connectivity index (χ0n) is 6.01. The minimum atomic E-state index is -3.52. The predicted octanol–water partition coefficient (Wildman–Crippen LogP) is 0.459. The molecule has 4 nitrogen and oxygen atoms in total. The number of carbonyl (C=O) groups is 2. The van der Waals surface area contributed by atoms with E-state index in [2.05, 4.69) is 9.47 Å². The van der Waals surface area contributed by atoms with E-state index in [0.717, 1.165) is 0 Å². The number of hydrogen-bond acceptors (Lipinski definition) is 4. The van der Waals surface area contributed by atoms with Gasteiger partial charge in [-0.15, -0.1) is 0 Å². The van der Waals surface area contributed by atoms with Gasteiger partial charge in [-0.1, -0.05) is 0 Å². The summed E-state index contributed by atoms with van der Waals surface area (Å²) in [5, 5.41) is 0. The quantitative estimate of drug-likeness (QED) is 0.401. The summed E-state index contributed by atoms with van der Waals surface area (Å²) in [6.07, 6.45) is -5.06. The number of carbonyl (C=O) groups excluding carboxylic acids is 2. The van der Waals surface area contributed by atoms with Crippen molar-refractivity contribution in [1.82, 2.24) is 0 Å². The third-order valence-corrected chi connectivity index (χ3v) is 1.21. The molecule has 1 rings (SSSR count). The number of cyclic esters (lactones) is 2. The molecule has 6 heteroatoms. The van der Waals surface area contributed by atoms with E-state index in [9.17, 15) is 18.4 Å². The normalized spacial score (nSPS) is 23.5. The average Bonchev–Trinajstić information content (AvgIpc) is 1.81. The van der Waals surface area contributed by atoms with Crippen molar-refractivity contribution >= 4 is 11.9 Å². The fourth-order valence-electron chi connectivity index (χ4n) is 0.706. The van der Waals surface area contributed by atoms with Gasteiger partial charge in [-0.3, -0.25) is 9.59 Å². The molecular formula is C6H6F2O4. The SMILES string of the molecule is O=C1CC(=O)OC(F)(F)CCO1. The Morgan fingerprint density at radius 3 is 2.58 bits per heavy atom. The molecule has 0 aromatic carbocycles. The maximum Gasteiger partial charge on any atom is 0.403 e. The van der Waals surface area contributed by atoms with Crippen molar-refractivity contribution in [2.45, 2.75) is 19.0 Å². The maximum absolute atomic E-state index is 12.4. The lowest BCUT2D eigenvalue weighted by atomic mass is 10.3. The summed E-state index contributed by atoms with van der Waals surface area (Å²) in [7, 11) is 0. The predicted molar refractivity (Wildman–Crippen MR) is 31.2 cm³/mol. The van der Waals surface area contributed by atoms with Gasteiger partial charge in [0.1, 0.15) is 13.0 Å². The van der Waals surface area contributed by atoms with E-state index in [4.69, 9.17) is 0 Å². The lowest BCUT2D eigenvalue weighted by Crippen LogP contribution is -2.31. The Bertz CT molecular complexity index is 214. The number of hydrogen-bond donors (Lipinski definition) is 0. The van der Waals surface area contributed by atoms with Crippen LogP contribution in [0.15, 0.2) is 0 Å². The highest BCUT2D eigenvalue weighted by molar-refractivity contribution is 5.91. The van der Waals surface area contributed by atoms with Crippen LogP contribution in [0.25, 0.3) is 0 Å². The first-order chi connectivity index (χ1) is 5.49. The molecule has 0 aromatic heterocycles. The molecule has 0 amide bonds. The summed E-state index contributed by atoms with van der Waals surface area (Å²) in [6, 6.07) is 0. The number of rotatable bonds is 0. The van der Waals surface area contributed by atoms with Crippen molar-refractivity contribution in [3.63, 3.8) is 0 Å².